The van der Waals surface area contributed by atoms with E-state index in [4.69, 9.17) is 5.11 Å². The summed E-state index contributed by atoms with van der Waals surface area (Å²) in [7, 11) is -5.33. The molecule has 0 unspecified atom stereocenters. The fraction of sp³-hybridized carbons (Fsp3) is 0.833. The molecule has 11 heteroatoms. The van der Waals surface area contributed by atoms with Crippen LogP contribution in [0.25, 0.3) is 0 Å². The molecule has 0 radical (unpaired) electrons. The number of carboxylic acid groups (broad SMARTS) is 1. The Hall–Kier alpha value is -0.580. The van der Waals surface area contributed by atoms with E-state index < -0.39 is 44.8 Å². The van der Waals surface area contributed by atoms with E-state index in [1.165, 1.54) is 0 Å². The highest BCUT2D eigenvalue weighted by atomic mass is 31.2. The molecule has 0 heterocycles. The van der Waals surface area contributed by atoms with Gasteiger partial charge in [0.15, 0.2) is 6.04 Å². The van der Waals surface area contributed by atoms with Crippen LogP contribution in [0, 0.1) is 0 Å². The normalized spacial score (nSPS) is 19.4. The largest absolute Gasteiger partial charge is 0.790 e. The first-order valence-electron chi connectivity index (χ1n) is 4.31. The molecule has 0 aliphatic heterocycles. The maximum atomic E-state index is 10.3. The fourth-order valence-electron chi connectivity index (χ4n) is 0.871. The van der Waals surface area contributed by atoms with E-state index in [2.05, 4.69) is 10.3 Å². The standard InChI is InChI=1S/C6H14NO9P/c7-3(6(11)12)5(10)4(9)2(8)1-16-17(13,14)15/h2-5,8-10H,1,7H2,(H,11,12)(H2,13,14,15)/p-2/t2-,3-,4-,5-/m1/s1. The van der Waals surface area contributed by atoms with Crippen LogP contribution < -0.4 is 20.6 Å². The number of carbonyl (C=O) groups excluding carboxylic acids is 1. The SMILES string of the molecule is [NH3+][C@@H](C(=O)[O-])[C@@H](O)[C@H](O)[C@H](O)COP(=O)([O-])[O-]. The summed E-state index contributed by atoms with van der Waals surface area (Å²) in [4.78, 5) is 30.4. The number of rotatable bonds is 7. The lowest BCUT2D eigenvalue weighted by atomic mass is 10.0. The van der Waals surface area contributed by atoms with E-state index in [0.717, 1.165) is 0 Å². The second-order valence-electron chi connectivity index (χ2n) is 3.22. The summed E-state index contributed by atoms with van der Waals surface area (Å²) in [5.74, 6) is -1.78. The maximum Gasteiger partial charge on any atom is 0.153 e. The number of aliphatic hydroxyl groups excluding tert-OH is 3. The average Bonchev–Trinajstić information content (AvgIpc) is 2.21. The molecule has 17 heavy (non-hydrogen) atoms. The van der Waals surface area contributed by atoms with Crippen LogP contribution in [0.5, 0.6) is 0 Å². The Morgan fingerprint density at radius 3 is 2.12 bits per heavy atom. The van der Waals surface area contributed by atoms with Crippen molar-refractivity contribution in [2.24, 2.45) is 0 Å². The molecule has 10 nitrogen and oxygen atoms in total. The van der Waals surface area contributed by atoms with Gasteiger partial charge in [0.05, 0.1) is 14.4 Å². The van der Waals surface area contributed by atoms with Crippen molar-refractivity contribution in [2.45, 2.75) is 24.4 Å². The molecule has 0 bridgehead atoms. The lowest BCUT2D eigenvalue weighted by Gasteiger charge is -2.31. The van der Waals surface area contributed by atoms with Crippen LogP contribution in [-0.4, -0.2) is 52.2 Å². The van der Waals surface area contributed by atoms with E-state index in [1.807, 2.05) is 0 Å². The van der Waals surface area contributed by atoms with Crippen LogP contribution >= 0.6 is 7.82 Å². The molecule has 0 saturated carbocycles. The molecule has 0 aliphatic carbocycles. The molecule has 0 fully saturated rings. The van der Waals surface area contributed by atoms with Crippen molar-refractivity contribution in [2.75, 3.05) is 6.61 Å². The van der Waals surface area contributed by atoms with Gasteiger partial charge in [-0.3, -0.25) is 0 Å². The monoisotopic (exact) mass is 273 g/mol. The summed E-state index contributed by atoms with van der Waals surface area (Å²) in [6, 6.07) is -1.74. The zero-order chi connectivity index (χ0) is 13.8. The average molecular weight is 273 g/mol. The first-order chi connectivity index (χ1) is 7.56. The minimum Gasteiger partial charge on any atom is -0.790 e. The molecular weight excluding hydrogens is 261 g/mol. The van der Waals surface area contributed by atoms with Gasteiger partial charge in [-0.15, -0.1) is 0 Å². The van der Waals surface area contributed by atoms with Gasteiger partial charge in [0.1, 0.15) is 24.3 Å². The predicted molar refractivity (Wildman–Crippen MR) is 43.3 cm³/mol. The van der Waals surface area contributed by atoms with Gasteiger partial charge in [0, 0.05) is 0 Å². The van der Waals surface area contributed by atoms with Gasteiger partial charge in [-0.05, 0) is 0 Å². The molecule has 4 atom stereocenters. The Bertz CT molecular complexity index is 304. The topological polar surface area (TPSA) is 201 Å². The smallest absolute Gasteiger partial charge is 0.153 e. The summed E-state index contributed by atoms with van der Waals surface area (Å²) in [5, 5.41) is 37.8. The predicted octanol–water partition coefficient (Wildman–Crippen LogP) is -6.73. The molecule has 0 aromatic heterocycles. The highest BCUT2D eigenvalue weighted by Gasteiger charge is 2.32. The molecule has 0 aliphatic rings. The van der Waals surface area contributed by atoms with Crippen molar-refractivity contribution >= 4 is 13.8 Å². The van der Waals surface area contributed by atoms with Crippen molar-refractivity contribution in [1.29, 1.82) is 0 Å². The van der Waals surface area contributed by atoms with Crippen LogP contribution in [0.3, 0.4) is 0 Å². The summed E-state index contributed by atoms with van der Waals surface area (Å²) >= 11 is 0. The third-order valence-corrected chi connectivity index (χ3v) is 2.33. The molecular formula is C6H12NO9P-2. The number of phosphoric ester groups is 1. The highest BCUT2D eigenvalue weighted by molar-refractivity contribution is 7.43. The third-order valence-electron chi connectivity index (χ3n) is 1.86. The first-order valence-corrected chi connectivity index (χ1v) is 5.77. The Morgan fingerprint density at radius 1 is 1.29 bits per heavy atom. The Morgan fingerprint density at radius 2 is 1.76 bits per heavy atom. The number of aliphatic hydroxyl groups is 3. The van der Waals surface area contributed by atoms with E-state index >= 15 is 0 Å². The highest BCUT2D eigenvalue weighted by Crippen LogP contribution is 2.24. The Kier molecular flexibility index (Phi) is 6.16. The summed E-state index contributed by atoms with van der Waals surface area (Å²) < 4.78 is 13.7. The van der Waals surface area contributed by atoms with E-state index in [1.54, 1.807) is 0 Å². The number of hydrogen-bond acceptors (Lipinski definition) is 9. The van der Waals surface area contributed by atoms with Gasteiger partial charge < -0.3 is 49.8 Å². The number of quaternary nitrogens is 1. The van der Waals surface area contributed by atoms with Crippen molar-refractivity contribution in [3.05, 3.63) is 0 Å². The third kappa shape index (κ3) is 6.05. The van der Waals surface area contributed by atoms with Gasteiger partial charge >= 0.3 is 0 Å². The molecule has 0 spiro atoms. The van der Waals surface area contributed by atoms with E-state index in [-0.39, 0.29) is 0 Å². The zero-order valence-electron chi connectivity index (χ0n) is 8.46. The van der Waals surface area contributed by atoms with Crippen molar-refractivity contribution < 1.29 is 49.8 Å². The lowest BCUT2D eigenvalue weighted by molar-refractivity contribution is -0.456. The number of carbonyl (C=O) groups is 1. The fourth-order valence-corrected chi connectivity index (χ4v) is 1.21. The van der Waals surface area contributed by atoms with Crippen LogP contribution in [0.1, 0.15) is 0 Å². The lowest BCUT2D eigenvalue weighted by Crippen LogP contribution is -2.75. The van der Waals surface area contributed by atoms with Gasteiger partial charge in [-0.2, -0.15) is 0 Å². The number of aliphatic carboxylic acids is 1. The maximum absolute atomic E-state index is 10.3. The van der Waals surface area contributed by atoms with Crippen molar-refractivity contribution in [3.63, 3.8) is 0 Å². The van der Waals surface area contributed by atoms with Crippen LogP contribution in [-0.2, 0) is 13.9 Å². The Balaban J connectivity index is 4.34. The number of hydrogen-bond donors (Lipinski definition) is 4. The van der Waals surface area contributed by atoms with E-state index in [9.17, 15) is 34.5 Å². The number of carboxylic acids is 1. The Labute approximate surface area is 95.5 Å². The van der Waals surface area contributed by atoms with Gasteiger partial charge in [0.2, 0.25) is 0 Å². The first kappa shape index (κ1) is 16.4. The molecule has 0 aromatic rings. The number of phosphoric acid groups is 1. The van der Waals surface area contributed by atoms with Crippen LogP contribution in [0.2, 0.25) is 0 Å². The van der Waals surface area contributed by atoms with Crippen LogP contribution in [0.4, 0.5) is 0 Å². The molecule has 0 amide bonds. The van der Waals surface area contributed by atoms with Gasteiger partial charge in [-0.25, -0.2) is 0 Å². The van der Waals surface area contributed by atoms with Crippen molar-refractivity contribution in [1.82, 2.24) is 0 Å². The summed E-state index contributed by atoms with van der Waals surface area (Å²) in [6.07, 6.45) is -6.02. The second-order valence-corrected chi connectivity index (χ2v) is 4.37. The van der Waals surface area contributed by atoms with Gasteiger partial charge in [0.25, 0.3) is 0 Å². The molecule has 0 rings (SSSR count). The zero-order valence-corrected chi connectivity index (χ0v) is 9.36. The summed E-state index contributed by atoms with van der Waals surface area (Å²) in [5.41, 5.74) is 2.95. The molecule has 102 valence electrons. The van der Waals surface area contributed by atoms with Gasteiger partial charge in [-0.1, -0.05) is 0 Å². The van der Waals surface area contributed by atoms with Crippen molar-refractivity contribution in [3.8, 4) is 0 Å². The second kappa shape index (κ2) is 6.38. The minimum absolute atomic E-state index is 1.11. The molecule has 6 N–H and O–H groups in total. The molecule has 0 saturated heterocycles. The molecule has 0 aromatic carbocycles. The minimum atomic E-state index is -5.33. The van der Waals surface area contributed by atoms with E-state index in [0.29, 0.717) is 0 Å². The quantitative estimate of drug-likeness (QED) is 0.325. The summed E-state index contributed by atoms with van der Waals surface area (Å²) in [6.45, 7) is -1.11. The van der Waals surface area contributed by atoms with Crippen LogP contribution in [0.15, 0.2) is 0 Å².